The summed E-state index contributed by atoms with van der Waals surface area (Å²) >= 11 is 0. The Kier molecular flexibility index (Phi) is 4.69. The molecule has 1 aliphatic rings. The molecule has 1 saturated heterocycles. The molecule has 114 valence electrons. The maximum absolute atomic E-state index is 12.5. The number of pyridine rings is 1. The van der Waals surface area contributed by atoms with Crippen LogP contribution in [-0.4, -0.2) is 65.4 Å². The van der Waals surface area contributed by atoms with Crippen molar-refractivity contribution in [1.29, 1.82) is 0 Å². The van der Waals surface area contributed by atoms with Crippen molar-refractivity contribution in [3.8, 4) is 0 Å². The van der Waals surface area contributed by atoms with E-state index < -0.39 is 4.92 Å². The summed E-state index contributed by atoms with van der Waals surface area (Å²) in [5.74, 6) is 0.132. The van der Waals surface area contributed by atoms with Gasteiger partial charge in [0, 0.05) is 39.3 Å². The van der Waals surface area contributed by atoms with E-state index in [-0.39, 0.29) is 17.2 Å². The first-order valence-corrected chi connectivity index (χ1v) is 6.90. The van der Waals surface area contributed by atoms with Gasteiger partial charge in [-0.2, -0.15) is 0 Å². The van der Waals surface area contributed by atoms with Crippen LogP contribution in [0.25, 0.3) is 0 Å². The molecule has 0 atom stereocenters. The van der Waals surface area contributed by atoms with E-state index in [1.54, 1.807) is 11.9 Å². The second kappa shape index (κ2) is 6.49. The Labute approximate surface area is 122 Å². The average Bonchev–Trinajstić information content (AvgIpc) is 2.53. The Morgan fingerprint density at radius 2 is 2.10 bits per heavy atom. The predicted molar refractivity (Wildman–Crippen MR) is 78.5 cm³/mol. The maximum atomic E-state index is 12.5. The van der Waals surface area contributed by atoms with Gasteiger partial charge in [-0.05, 0) is 6.54 Å². The molecule has 1 aromatic heterocycles. The highest BCUT2D eigenvalue weighted by atomic mass is 16.6. The fraction of sp³-hybridized carbons (Fsp3) is 0.538. The molecule has 1 amide bonds. The summed E-state index contributed by atoms with van der Waals surface area (Å²) in [6, 6.07) is 1.44. The number of likely N-dealkylation sites (N-methyl/N-ethyl adjacent to an activating group) is 1. The van der Waals surface area contributed by atoms with Crippen LogP contribution in [0.15, 0.2) is 12.3 Å². The standard InChI is InChI=1S/C13H19N5O3/c1-3-16-4-6-17(7-5-16)13(19)10-8-12(14-2)15-9-11(10)18(20)21/h8-9H,3-7H2,1-2H3,(H,14,15). The number of piperazine rings is 1. The van der Waals surface area contributed by atoms with E-state index in [1.807, 2.05) is 0 Å². The molecule has 0 aliphatic carbocycles. The zero-order valence-electron chi connectivity index (χ0n) is 12.2. The van der Waals surface area contributed by atoms with Gasteiger partial charge in [0.2, 0.25) is 0 Å². The van der Waals surface area contributed by atoms with Crippen molar-refractivity contribution in [3.63, 3.8) is 0 Å². The largest absolute Gasteiger partial charge is 0.373 e. The lowest BCUT2D eigenvalue weighted by atomic mass is 10.1. The summed E-state index contributed by atoms with van der Waals surface area (Å²) in [6.45, 7) is 5.77. The molecular weight excluding hydrogens is 274 g/mol. The zero-order chi connectivity index (χ0) is 15.4. The van der Waals surface area contributed by atoms with Crippen LogP contribution in [0.3, 0.4) is 0 Å². The van der Waals surface area contributed by atoms with E-state index in [2.05, 4.69) is 22.1 Å². The Balaban J connectivity index is 2.23. The van der Waals surface area contributed by atoms with Crippen LogP contribution in [0.4, 0.5) is 11.5 Å². The van der Waals surface area contributed by atoms with E-state index in [1.165, 1.54) is 6.07 Å². The molecule has 8 heteroatoms. The van der Waals surface area contributed by atoms with Crippen LogP contribution in [0.2, 0.25) is 0 Å². The summed E-state index contributed by atoms with van der Waals surface area (Å²) in [5.41, 5.74) is -0.166. The lowest BCUT2D eigenvalue weighted by molar-refractivity contribution is -0.385. The minimum Gasteiger partial charge on any atom is -0.373 e. The number of anilines is 1. The molecular formula is C13H19N5O3. The summed E-state index contributed by atoms with van der Waals surface area (Å²) in [7, 11) is 1.66. The van der Waals surface area contributed by atoms with Gasteiger partial charge in [-0.3, -0.25) is 14.9 Å². The normalized spacial score (nSPS) is 15.8. The molecule has 0 unspecified atom stereocenters. The maximum Gasteiger partial charge on any atom is 0.300 e. The van der Waals surface area contributed by atoms with Gasteiger partial charge in [0.05, 0.1) is 4.92 Å². The SMILES string of the molecule is CCN1CCN(C(=O)c2cc(NC)ncc2[N+](=O)[O-])CC1. The first-order valence-electron chi connectivity index (χ1n) is 6.90. The van der Waals surface area contributed by atoms with Gasteiger partial charge in [0.15, 0.2) is 0 Å². The number of carbonyl (C=O) groups excluding carboxylic acids is 1. The lowest BCUT2D eigenvalue weighted by Gasteiger charge is -2.34. The molecule has 0 saturated carbocycles. The molecule has 2 heterocycles. The summed E-state index contributed by atoms with van der Waals surface area (Å²) in [4.78, 5) is 30.8. The summed E-state index contributed by atoms with van der Waals surface area (Å²) in [6.07, 6.45) is 1.13. The van der Waals surface area contributed by atoms with E-state index >= 15 is 0 Å². The van der Waals surface area contributed by atoms with Crippen LogP contribution >= 0.6 is 0 Å². The fourth-order valence-corrected chi connectivity index (χ4v) is 2.34. The molecule has 0 spiro atoms. The van der Waals surface area contributed by atoms with Gasteiger partial charge in [-0.25, -0.2) is 4.98 Å². The van der Waals surface area contributed by atoms with E-state index in [0.29, 0.717) is 18.9 Å². The monoisotopic (exact) mass is 293 g/mol. The van der Waals surface area contributed by atoms with Crippen LogP contribution in [0.5, 0.6) is 0 Å². The minimum absolute atomic E-state index is 0.0873. The van der Waals surface area contributed by atoms with E-state index in [4.69, 9.17) is 0 Å². The number of hydrogen-bond donors (Lipinski definition) is 1. The molecule has 1 fully saturated rings. The van der Waals surface area contributed by atoms with Gasteiger partial charge in [0.25, 0.3) is 11.6 Å². The minimum atomic E-state index is -0.567. The Hall–Kier alpha value is -2.22. The molecule has 1 aliphatic heterocycles. The van der Waals surface area contributed by atoms with E-state index in [0.717, 1.165) is 25.8 Å². The molecule has 1 N–H and O–H groups in total. The quantitative estimate of drug-likeness (QED) is 0.652. The van der Waals surface area contributed by atoms with Crippen LogP contribution in [0.1, 0.15) is 17.3 Å². The van der Waals surface area contributed by atoms with Gasteiger partial charge in [-0.15, -0.1) is 0 Å². The van der Waals surface area contributed by atoms with Crippen molar-refractivity contribution in [2.45, 2.75) is 6.92 Å². The third-order valence-corrected chi connectivity index (χ3v) is 3.67. The molecule has 2 rings (SSSR count). The number of hydrogen-bond acceptors (Lipinski definition) is 6. The highest BCUT2D eigenvalue weighted by Gasteiger charge is 2.28. The van der Waals surface area contributed by atoms with Crippen molar-refractivity contribution in [2.75, 3.05) is 45.1 Å². The molecule has 0 radical (unpaired) electrons. The van der Waals surface area contributed by atoms with Crippen molar-refractivity contribution in [1.82, 2.24) is 14.8 Å². The van der Waals surface area contributed by atoms with Crippen molar-refractivity contribution >= 4 is 17.4 Å². The van der Waals surface area contributed by atoms with Crippen molar-refractivity contribution in [2.24, 2.45) is 0 Å². The topological polar surface area (TPSA) is 91.6 Å². The number of nitrogens with one attached hydrogen (secondary N) is 1. The van der Waals surface area contributed by atoms with Crippen LogP contribution in [0, 0.1) is 10.1 Å². The smallest absolute Gasteiger partial charge is 0.300 e. The van der Waals surface area contributed by atoms with E-state index in [9.17, 15) is 14.9 Å². The predicted octanol–water partition coefficient (Wildman–Crippen LogP) is 0.809. The molecule has 0 bridgehead atoms. The highest BCUT2D eigenvalue weighted by molar-refractivity contribution is 5.98. The average molecular weight is 293 g/mol. The summed E-state index contributed by atoms with van der Waals surface area (Å²) in [5, 5.41) is 13.9. The Morgan fingerprint density at radius 1 is 1.43 bits per heavy atom. The van der Waals surface area contributed by atoms with Crippen molar-refractivity contribution < 1.29 is 9.72 Å². The third-order valence-electron chi connectivity index (χ3n) is 3.67. The number of carbonyl (C=O) groups is 1. The lowest BCUT2D eigenvalue weighted by Crippen LogP contribution is -2.48. The summed E-state index contributed by atoms with van der Waals surface area (Å²) < 4.78 is 0. The fourth-order valence-electron chi connectivity index (χ4n) is 2.34. The highest BCUT2D eigenvalue weighted by Crippen LogP contribution is 2.22. The number of amides is 1. The van der Waals surface area contributed by atoms with Gasteiger partial charge < -0.3 is 15.1 Å². The van der Waals surface area contributed by atoms with Crippen LogP contribution < -0.4 is 5.32 Å². The number of nitrogens with zero attached hydrogens (tertiary/aromatic N) is 4. The Morgan fingerprint density at radius 3 is 2.62 bits per heavy atom. The number of aromatic nitrogens is 1. The molecule has 8 nitrogen and oxygen atoms in total. The second-order valence-electron chi connectivity index (χ2n) is 4.82. The number of nitro groups is 1. The van der Waals surface area contributed by atoms with Gasteiger partial charge in [-0.1, -0.05) is 6.92 Å². The first kappa shape index (κ1) is 15.2. The first-order chi connectivity index (χ1) is 10.1. The van der Waals surface area contributed by atoms with Crippen molar-refractivity contribution in [3.05, 3.63) is 27.9 Å². The molecule has 21 heavy (non-hydrogen) atoms. The third kappa shape index (κ3) is 3.27. The van der Waals surface area contributed by atoms with Gasteiger partial charge >= 0.3 is 0 Å². The number of rotatable bonds is 4. The zero-order valence-corrected chi connectivity index (χ0v) is 12.2. The Bertz CT molecular complexity index is 541. The second-order valence-corrected chi connectivity index (χ2v) is 4.82. The van der Waals surface area contributed by atoms with Crippen LogP contribution in [-0.2, 0) is 0 Å². The van der Waals surface area contributed by atoms with Gasteiger partial charge in [0.1, 0.15) is 17.6 Å². The molecule has 1 aromatic rings. The molecule has 0 aromatic carbocycles.